The first kappa shape index (κ1) is 34.1. The summed E-state index contributed by atoms with van der Waals surface area (Å²) in [5, 5.41) is 10.0. The van der Waals surface area contributed by atoms with Gasteiger partial charge in [-0.2, -0.15) is 0 Å². The molecule has 0 amide bonds. The summed E-state index contributed by atoms with van der Waals surface area (Å²) in [6.45, 7) is 7.43. The molecule has 5 aliphatic rings. The Hall–Kier alpha value is -6.21. The number of hydrogen-bond donors (Lipinski definition) is 2. The molecule has 2 aliphatic carbocycles. The SMILES string of the molecule is C=C1C=CC2(c3ccc4c(sc5ccc(C6=NC(c7ccccc7)NC(c7ccccc7)N6)cc54)c3C3=CC=CC4C3c3ccccc3N4CC)C=CC=C(C2)O1. The van der Waals surface area contributed by atoms with Crippen LogP contribution in [0.4, 0.5) is 5.69 Å². The van der Waals surface area contributed by atoms with E-state index < -0.39 is 0 Å². The summed E-state index contributed by atoms with van der Waals surface area (Å²) in [7, 11) is 0. The van der Waals surface area contributed by atoms with E-state index in [0.717, 1.165) is 35.7 Å². The lowest BCUT2D eigenvalue weighted by molar-refractivity contribution is 0.299. The van der Waals surface area contributed by atoms with Crippen LogP contribution in [0.1, 0.15) is 65.0 Å². The number of ether oxygens (including phenoxy) is 1. The van der Waals surface area contributed by atoms with Gasteiger partial charge in [-0.1, -0.05) is 134 Å². The van der Waals surface area contributed by atoms with Gasteiger partial charge in [-0.25, -0.2) is 4.99 Å². The Labute approximate surface area is 337 Å². The smallest absolute Gasteiger partial charge is 0.131 e. The number of likely N-dealkylation sites (N-methyl/N-ethyl adjacent to an activating group) is 1. The molecule has 0 spiro atoms. The number of allylic oxidation sites excluding steroid dienone is 8. The van der Waals surface area contributed by atoms with E-state index in [2.05, 4.69) is 193 Å². The predicted molar refractivity (Wildman–Crippen MR) is 236 cm³/mol. The number of anilines is 1. The number of rotatable bonds is 6. The van der Waals surface area contributed by atoms with Crippen molar-refractivity contribution in [3.05, 3.63) is 215 Å². The van der Waals surface area contributed by atoms with E-state index in [-0.39, 0.29) is 29.7 Å². The fraction of sp³-hybridized carbons (Fsp3) is 0.157. The molecule has 0 fully saturated rings. The first-order valence-electron chi connectivity index (χ1n) is 20.0. The van der Waals surface area contributed by atoms with E-state index in [4.69, 9.17) is 9.73 Å². The molecule has 1 aromatic heterocycles. The van der Waals surface area contributed by atoms with Gasteiger partial charge in [0.15, 0.2) is 0 Å². The molecule has 4 heterocycles. The lowest BCUT2D eigenvalue weighted by Gasteiger charge is -2.35. The minimum absolute atomic E-state index is 0.0985. The maximum absolute atomic E-state index is 6.21. The number of fused-ring (bicyclic) bond motifs is 8. The van der Waals surface area contributed by atoms with E-state index in [1.165, 1.54) is 53.7 Å². The molecular formula is C51H42N4OS. The second kappa shape index (κ2) is 13.5. The monoisotopic (exact) mass is 758 g/mol. The number of thiophene rings is 1. The van der Waals surface area contributed by atoms with Gasteiger partial charge in [0, 0.05) is 61.3 Å². The molecule has 2 N–H and O–H groups in total. The molecule has 57 heavy (non-hydrogen) atoms. The van der Waals surface area contributed by atoms with Crippen molar-refractivity contribution in [2.75, 3.05) is 11.4 Å². The molecule has 5 aromatic carbocycles. The fourth-order valence-corrected chi connectivity index (χ4v) is 11.0. The van der Waals surface area contributed by atoms with Gasteiger partial charge in [0.1, 0.15) is 29.7 Å². The number of amidine groups is 1. The molecular weight excluding hydrogens is 717 g/mol. The number of nitrogens with one attached hydrogen (secondary N) is 2. The van der Waals surface area contributed by atoms with Crippen LogP contribution in [0.3, 0.4) is 0 Å². The van der Waals surface area contributed by atoms with Gasteiger partial charge in [-0.3, -0.25) is 5.32 Å². The quantitative estimate of drug-likeness (QED) is 0.178. The molecule has 0 radical (unpaired) electrons. The lowest BCUT2D eigenvalue weighted by atomic mass is 9.69. The third-order valence-electron chi connectivity index (χ3n) is 12.3. The normalized spacial score (nSPS) is 24.6. The standard InChI is InChI=1S/C51H42N4OS/c1-3-55-42-21-11-10-19-38(42)45-39(20-12-22-43(45)55)46-41(51-28-13-18-36(31-51)56-32(2)27-29-51)25-24-37-40-30-35(23-26-44(40)57-47(37)46)50-53-48(33-14-6-4-7-15-33)52-49(54-50)34-16-8-5-9-17-34/h4-30,43,45,48-49,52H,2-3,31H2,1H3,(H,53,54). The van der Waals surface area contributed by atoms with Gasteiger partial charge in [-0.15, -0.1) is 11.3 Å². The molecule has 6 aromatic rings. The van der Waals surface area contributed by atoms with Gasteiger partial charge in [0.25, 0.3) is 0 Å². The molecule has 11 rings (SSSR count). The zero-order valence-corrected chi connectivity index (χ0v) is 32.5. The van der Waals surface area contributed by atoms with Crippen molar-refractivity contribution in [1.29, 1.82) is 0 Å². The number of hydrogen-bond acceptors (Lipinski definition) is 6. The number of nitrogens with zero attached hydrogens (tertiary/aromatic N) is 2. The van der Waals surface area contributed by atoms with Crippen LogP contribution in [-0.4, -0.2) is 18.4 Å². The number of benzene rings is 5. The Morgan fingerprint density at radius 3 is 2.51 bits per heavy atom. The summed E-state index contributed by atoms with van der Waals surface area (Å²) >= 11 is 1.90. The van der Waals surface area contributed by atoms with E-state index >= 15 is 0 Å². The van der Waals surface area contributed by atoms with Gasteiger partial charge < -0.3 is 15.0 Å². The molecule has 3 aliphatic heterocycles. The van der Waals surface area contributed by atoms with Gasteiger partial charge in [-0.05, 0) is 71.2 Å². The average molecular weight is 759 g/mol. The highest BCUT2D eigenvalue weighted by Crippen LogP contribution is 2.55. The summed E-state index contributed by atoms with van der Waals surface area (Å²) in [6.07, 6.45) is 18.5. The van der Waals surface area contributed by atoms with Gasteiger partial charge in [0.05, 0.1) is 6.04 Å². The summed E-state index contributed by atoms with van der Waals surface area (Å²) in [5.41, 5.74) is 9.72. The fourth-order valence-electron chi connectivity index (χ4n) is 9.73. The van der Waals surface area contributed by atoms with Crippen LogP contribution >= 0.6 is 11.3 Å². The number of aliphatic imine (C=N–C) groups is 1. The minimum atomic E-state index is -0.388. The van der Waals surface area contributed by atoms with Gasteiger partial charge in [0.2, 0.25) is 0 Å². The first-order chi connectivity index (χ1) is 28.1. The Morgan fingerprint density at radius 2 is 1.67 bits per heavy atom. The van der Waals surface area contributed by atoms with E-state index in [1.54, 1.807) is 0 Å². The van der Waals surface area contributed by atoms with Crippen molar-refractivity contribution < 1.29 is 4.74 Å². The lowest BCUT2D eigenvalue weighted by Crippen LogP contribution is -2.44. The summed E-state index contributed by atoms with van der Waals surface area (Å²) in [4.78, 5) is 7.87. The highest BCUT2D eigenvalue weighted by Gasteiger charge is 2.43. The van der Waals surface area contributed by atoms with Crippen LogP contribution in [0, 0.1) is 0 Å². The van der Waals surface area contributed by atoms with Crippen LogP contribution in [0.25, 0.3) is 25.7 Å². The van der Waals surface area contributed by atoms with Crippen LogP contribution in [0.5, 0.6) is 0 Å². The van der Waals surface area contributed by atoms with Crippen molar-refractivity contribution in [2.45, 2.75) is 43.1 Å². The third kappa shape index (κ3) is 5.58. The van der Waals surface area contributed by atoms with Crippen LogP contribution in [0.15, 0.2) is 187 Å². The largest absolute Gasteiger partial charge is 0.462 e. The van der Waals surface area contributed by atoms with Crippen LogP contribution in [0.2, 0.25) is 0 Å². The van der Waals surface area contributed by atoms with E-state index in [9.17, 15) is 0 Å². The van der Waals surface area contributed by atoms with Crippen molar-refractivity contribution in [2.24, 2.45) is 4.99 Å². The topological polar surface area (TPSA) is 48.9 Å². The highest BCUT2D eigenvalue weighted by atomic mass is 32.1. The summed E-state index contributed by atoms with van der Waals surface area (Å²) in [5.74, 6) is 2.70. The summed E-state index contributed by atoms with van der Waals surface area (Å²) < 4.78 is 8.79. The minimum Gasteiger partial charge on any atom is -0.462 e. The maximum atomic E-state index is 6.21. The Morgan fingerprint density at radius 1 is 0.860 bits per heavy atom. The molecule has 0 saturated carbocycles. The van der Waals surface area contributed by atoms with E-state index in [1.807, 2.05) is 11.3 Å². The molecule has 5 atom stereocenters. The van der Waals surface area contributed by atoms with Crippen molar-refractivity contribution in [3.8, 4) is 0 Å². The molecule has 6 heteroatoms. The zero-order chi connectivity index (χ0) is 38.1. The zero-order valence-electron chi connectivity index (χ0n) is 31.7. The molecule has 5 unspecified atom stereocenters. The summed E-state index contributed by atoms with van der Waals surface area (Å²) in [6, 6.07) is 42.0. The Kier molecular flexibility index (Phi) is 8.05. The number of para-hydroxylation sites is 1. The maximum Gasteiger partial charge on any atom is 0.131 e. The predicted octanol–water partition coefficient (Wildman–Crippen LogP) is 11.5. The van der Waals surface area contributed by atoms with Crippen LogP contribution in [-0.2, 0) is 10.2 Å². The van der Waals surface area contributed by atoms with Gasteiger partial charge >= 0.3 is 0 Å². The highest BCUT2D eigenvalue weighted by molar-refractivity contribution is 7.26. The Bertz CT molecular complexity index is 2790. The Balaban J connectivity index is 1.11. The third-order valence-corrected chi connectivity index (χ3v) is 13.5. The molecule has 2 bridgehead atoms. The second-order valence-electron chi connectivity index (χ2n) is 15.6. The average Bonchev–Trinajstić information content (AvgIpc) is 3.77. The van der Waals surface area contributed by atoms with Crippen molar-refractivity contribution >= 4 is 48.6 Å². The van der Waals surface area contributed by atoms with Crippen molar-refractivity contribution in [3.63, 3.8) is 0 Å². The molecule has 5 nitrogen and oxygen atoms in total. The van der Waals surface area contributed by atoms with E-state index in [0.29, 0.717) is 5.76 Å². The molecule has 0 saturated heterocycles. The molecule has 278 valence electrons. The second-order valence-corrected chi connectivity index (χ2v) is 16.6. The first-order valence-corrected chi connectivity index (χ1v) is 20.8. The van der Waals surface area contributed by atoms with Crippen molar-refractivity contribution in [1.82, 2.24) is 10.6 Å². The van der Waals surface area contributed by atoms with Crippen LogP contribution < -0.4 is 15.5 Å².